The van der Waals surface area contributed by atoms with Crippen molar-refractivity contribution in [1.29, 1.82) is 0 Å². The maximum atomic E-state index is 13.0. The smallest absolute Gasteiger partial charge is 0.256 e. The molecule has 0 saturated carbocycles. The number of phenolic OH excluding ortho intramolecular Hbond substituents is 1. The molecule has 0 unspecified atom stereocenters. The van der Waals surface area contributed by atoms with Crippen LogP contribution in [0.3, 0.4) is 0 Å². The quantitative estimate of drug-likeness (QED) is 0.832. The lowest BCUT2D eigenvalue weighted by Gasteiger charge is -2.04. The first-order valence-corrected chi connectivity index (χ1v) is 6.27. The molecule has 88 valence electrons. The van der Waals surface area contributed by atoms with Gasteiger partial charge in [-0.2, -0.15) is 0 Å². The maximum absolute atomic E-state index is 13.0. The van der Waals surface area contributed by atoms with Crippen molar-refractivity contribution in [3.8, 4) is 5.75 Å². The number of carbonyl (C=O) groups excluding carboxylic acids is 1. The number of anilines is 1. The average molecular weight is 316 g/mol. The summed E-state index contributed by atoms with van der Waals surface area (Å²) in [6.07, 6.45) is 0. The number of thiophene rings is 1. The van der Waals surface area contributed by atoms with Crippen LogP contribution in [-0.2, 0) is 0 Å². The molecule has 0 saturated heterocycles. The SMILES string of the molecule is O=C(Nc1ccc(O)c(F)c1)c1csc(Br)c1. The van der Waals surface area contributed by atoms with E-state index in [0.29, 0.717) is 11.3 Å². The van der Waals surface area contributed by atoms with Crippen molar-refractivity contribution in [2.75, 3.05) is 5.32 Å². The molecule has 1 aromatic heterocycles. The van der Waals surface area contributed by atoms with Gasteiger partial charge in [-0.1, -0.05) is 0 Å². The van der Waals surface area contributed by atoms with E-state index in [-0.39, 0.29) is 5.91 Å². The number of phenols is 1. The zero-order valence-corrected chi connectivity index (χ0v) is 10.8. The first-order chi connectivity index (χ1) is 8.06. The highest BCUT2D eigenvalue weighted by Crippen LogP contribution is 2.23. The third-order valence-corrected chi connectivity index (χ3v) is 3.54. The van der Waals surface area contributed by atoms with E-state index in [0.717, 1.165) is 9.85 Å². The van der Waals surface area contributed by atoms with Crippen LogP contribution in [0, 0.1) is 5.82 Å². The number of halogens is 2. The summed E-state index contributed by atoms with van der Waals surface area (Å²) in [6.45, 7) is 0. The van der Waals surface area contributed by atoms with Gasteiger partial charge in [0.2, 0.25) is 0 Å². The summed E-state index contributed by atoms with van der Waals surface area (Å²) in [4.78, 5) is 11.7. The summed E-state index contributed by atoms with van der Waals surface area (Å²) in [6, 6.07) is 5.36. The van der Waals surface area contributed by atoms with E-state index in [1.807, 2.05) is 0 Å². The van der Waals surface area contributed by atoms with E-state index >= 15 is 0 Å². The number of carbonyl (C=O) groups is 1. The Hall–Kier alpha value is -1.40. The molecule has 0 spiro atoms. The first kappa shape index (κ1) is 12.1. The molecular weight excluding hydrogens is 309 g/mol. The van der Waals surface area contributed by atoms with Crippen LogP contribution in [0.25, 0.3) is 0 Å². The highest BCUT2D eigenvalue weighted by Gasteiger charge is 2.09. The minimum Gasteiger partial charge on any atom is -0.505 e. The number of nitrogens with one attached hydrogen (secondary N) is 1. The van der Waals surface area contributed by atoms with Crippen molar-refractivity contribution in [3.63, 3.8) is 0 Å². The van der Waals surface area contributed by atoms with Gasteiger partial charge in [-0.3, -0.25) is 4.79 Å². The van der Waals surface area contributed by atoms with E-state index < -0.39 is 11.6 Å². The lowest BCUT2D eigenvalue weighted by molar-refractivity contribution is 0.102. The number of hydrogen-bond acceptors (Lipinski definition) is 3. The molecule has 0 aliphatic carbocycles. The molecular formula is C11H7BrFNO2S. The second kappa shape index (κ2) is 4.85. The number of amides is 1. The van der Waals surface area contributed by atoms with Gasteiger partial charge in [0, 0.05) is 17.1 Å². The summed E-state index contributed by atoms with van der Waals surface area (Å²) in [7, 11) is 0. The van der Waals surface area contributed by atoms with Crippen LogP contribution >= 0.6 is 27.3 Å². The summed E-state index contributed by atoms with van der Waals surface area (Å²) in [5.41, 5.74) is 0.794. The van der Waals surface area contributed by atoms with Crippen LogP contribution in [0.5, 0.6) is 5.75 Å². The molecule has 2 rings (SSSR count). The molecule has 1 amide bonds. The molecule has 2 N–H and O–H groups in total. The van der Waals surface area contributed by atoms with Crippen molar-refractivity contribution in [2.45, 2.75) is 0 Å². The highest BCUT2D eigenvalue weighted by atomic mass is 79.9. The molecule has 17 heavy (non-hydrogen) atoms. The summed E-state index contributed by atoms with van der Waals surface area (Å²) in [5, 5.41) is 13.2. The number of aromatic hydroxyl groups is 1. The van der Waals surface area contributed by atoms with Crippen LogP contribution in [-0.4, -0.2) is 11.0 Å². The van der Waals surface area contributed by atoms with Gasteiger partial charge < -0.3 is 10.4 Å². The molecule has 0 radical (unpaired) electrons. The molecule has 0 fully saturated rings. The Bertz CT molecular complexity index is 570. The predicted octanol–water partition coefficient (Wildman–Crippen LogP) is 3.61. The van der Waals surface area contributed by atoms with E-state index in [1.54, 1.807) is 11.4 Å². The molecule has 1 aromatic carbocycles. The van der Waals surface area contributed by atoms with Crippen LogP contribution in [0.15, 0.2) is 33.4 Å². The zero-order chi connectivity index (χ0) is 12.4. The van der Waals surface area contributed by atoms with Crippen LogP contribution < -0.4 is 5.32 Å². The number of rotatable bonds is 2. The monoisotopic (exact) mass is 315 g/mol. The van der Waals surface area contributed by atoms with Crippen molar-refractivity contribution >= 4 is 38.9 Å². The van der Waals surface area contributed by atoms with Gasteiger partial charge in [0.1, 0.15) is 0 Å². The lowest BCUT2D eigenvalue weighted by Crippen LogP contribution is -2.10. The summed E-state index contributed by atoms with van der Waals surface area (Å²) >= 11 is 4.64. The minimum absolute atomic E-state index is 0.299. The van der Waals surface area contributed by atoms with Gasteiger partial charge >= 0.3 is 0 Å². The first-order valence-electron chi connectivity index (χ1n) is 4.60. The Labute approximate surface area is 109 Å². The fourth-order valence-electron chi connectivity index (χ4n) is 1.22. The van der Waals surface area contributed by atoms with Crippen LogP contribution in [0.2, 0.25) is 0 Å². The second-order valence-electron chi connectivity index (χ2n) is 3.26. The van der Waals surface area contributed by atoms with Crippen molar-refractivity contribution in [3.05, 3.63) is 44.8 Å². The Balaban J connectivity index is 2.15. The number of hydrogen-bond donors (Lipinski definition) is 2. The maximum Gasteiger partial charge on any atom is 0.256 e. The molecule has 6 heteroatoms. The fourth-order valence-corrected chi connectivity index (χ4v) is 2.35. The zero-order valence-electron chi connectivity index (χ0n) is 8.41. The fraction of sp³-hybridized carbons (Fsp3) is 0. The largest absolute Gasteiger partial charge is 0.505 e. The average Bonchev–Trinajstić information content (AvgIpc) is 2.70. The van der Waals surface area contributed by atoms with Gasteiger partial charge in [0.15, 0.2) is 11.6 Å². The highest BCUT2D eigenvalue weighted by molar-refractivity contribution is 9.11. The van der Waals surface area contributed by atoms with Gasteiger partial charge in [-0.15, -0.1) is 11.3 Å². The number of benzene rings is 1. The Kier molecular flexibility index (Phi) is 3.44. The third kappa shape index (κ3) is 2.83. The van der Waals surface area contributed by atoms with Gasteiger partial charge in [-0.05, 0) is 34.1 Å². The molecule has 3 nitrogen and oxygen atoms in total. The normalized spacial score (nSPS) is 10.2. The topological polar surface area (TPSA) is 49.3 Å². The van der Waals surface area contributed by atoms with E-state index in [4.69, 9.17) is 5.11 Å². The summed E-state index contributed by atoms with van der Waals surface area (Å²) in [5.74, 6) is -1.53. The van der Waals surface area contributed by atoms with E-state index in [9.17, 15) is 9.18 Å². The molecule has 0 bridgehead atoms. The molecule has 1 heterocycles. The van der Waals surface area contributed by atoms with E-state index in [1.165, 1.54) is 23.5 Å². The van der Waals surface area contributed by atoms with Crippen molar-refractivity contribution in [2.24, 2.45) is 0 Å². The van der Waals surface area contributed by atoms with Crippen molar-refractivity contribution in [1.82, 2.24) is 0 Å². The van der Waals surface area contributed by atoms with Crippen LogP contribution in [0.4, 0.5) is 10.1 Å². The predicted molar refractivity (Wildman–Crippen MR) is 68.0 cm³/mol. The van der Waals surface area contributed by atoms with Gasteiger partial charge in [-0.25, -0.2) is 4.39 Å². The standard InChI is InChI=1S/C11H7BrFNO2S/c12-10-3-6(5-17-10)11(16)14-7-1-2-9(15)8(13)4-7/h1-5,15H,(H,14,16). The van der Waals surface area contributed by atoms with E-state index in [2.05, 4.69) is 21.2 Å². The van der Waals surface area contributed by atoms with Crippen LogP contribution in [0.1, 0.15) is 10.4 Å². The Morgan fingerprint density at radius 2 is 2.18 bits per heavy atom. The van der Waals surface area contributed by atoms with Gasteiger partial charge in [0.25, 0.3) is 5.91 Å². The van der Waals surface area contributed by atoms with Crippen molar-refractivity contribution < 1.29 is 14.3 Å². The molecule has 0 aliphatic heterocycles. The van der Waals surface area contributed by atoms with Gasteiger partial charge in [0.05, 0.1) is 9.35 Å². The molecule has 0 atom stereocenters. The molecule has 2 aromatic rings. The molecule has 0 aliphatic rings. The third-order valence-electron chi connectivity index (χ3n) is 2.04. The summed E-state index contributed by atoms with van der Waals surface area (Å²) < 4.78 is 13.9. The lowest BCUT2D eigenvalue weighted by atomic mass is 10.2. The Morgan fingerprint density at radius 3 is 2.76 bits per heavy atom. The Morgan fingerprint density at radius 1 is 1.41 bits per heavy atom. The second-order valence-corrected chi connectivity index (χ2v) is 5.55. The minimum atomic E-state index is -0.769.